The Labute approximate surface area is 124 Å². The number of rotatable bonds is 8. The van der Waals surface area contributed by atoms with Gasteiger partial charge in [-0.05, 0) is 6.42 Å². The van der Waals surface area contributed by atoms with Crippen LogP contribution in [0, 0.1) is 10.1 Å². The van der Waals surface area contributed by atoms with E-state index in [2.05, 4.69) is 4.72 Å². The first kappa shape index (κ1) is 17.7. The van der Waals surface area contributed by atoms with E-state index in [1.54, 1.807) is 0 Å². The Balaban J connectivity index is 2.81. The fraction of sp³-hybridized carbons (Fsp3) is 0.429. The Morgan fingerprint density at radius 1 is 1.33 bits per heavy atom. The van der Waals surface area contributed by atoms with E-state index < -0.39 is 30.7 Å². The molecule has 1 rings (SSSR count). The van der Waals surface area contributed by atoms with E-state index in [0.29, 0.717) is 11.3 Å². The molecular formula is C7H13N5O6S3. The maximum atomic E-state index is 11.9. The second-order valence-corrected chi connectivity index (χ2v) is 8.58. The Morgan fingerprint density at radius 3 is 2.38 bits per heavy atom. The monoisotopic (exact) mass is 359 g/mol. The van der Waals surface area contributed by atoms with Crippen molar-refractivity contribution < 1.29 is 21.8 Å². The first-order valence-corrected chi connectivity index (χ1v) is 9.33. The summed E-state index contributed by atoms with van der Waals surface area (Å²) in [5.41, 5.74) is 1.58. The smallest absolute Gasteiger partial charge is 0.306 e. The largest absolute Gasteiger partial charge is 0.310 e. The summed E-state index contributed by atoms with van der Waals surface area (Å²) in [6.07, 6.45) is -0.0203. The van der Waals surface area contributed by atoms with Crippen molar-refractivity contribution in [1.29, 1.82) is 0 Å². The van der Waals surface area contributed by atoms with Gasteiger partial charge < -0.3 is 5.43 Å². The summed E-state index contributed by atoms with van der Waals surface area (Å²) in [4.78, 5) is 9.94. The fourth-order valence-corrected chi connectivity index (χ4v) is 4.19. The van der Waals surface area contributed by atoms with Crippen molar-refractivity contribution in [3.63, 3.8) is 0 Å². The first-order chi connectivity index (χ1) is 9.57. The molecule has 11 nitrogen and oxygen atoms in total. The minimum absolute atomic E-state index is 0.0203. The van der Waals surface area contributed by atoms with E-state index in [0.717, 1.165) is 6.07 Å². The van der Waals surface area contributed by atoms with Crippen LogP contribution in [0.3, 0.4) is 0 Å². The van der Waals surface area contributed by atoms with Gasteiger partial charge in [-0.25, -0.2) is 32.5 Å². The summed E-state index contributed by atoms with van der Waals surface area (Å²) in [7, 11) is -7.66. The van der Waals surface area contributed by atoms with Gasteiger partial charge in [0.2, 0.25) is 20.0 Å². The predicted molar refractivity (Wildman–Crippen MR) is 76.6 cm³/mol. The lowest BCUT2D eigenvalue weighted by molar-refractivity contribution is -0.383. The Hall–Kier alpha value is -1.32. The van der Waals surface area contributed by atoms with E-state index in [1.807, 2.05) is 5.43 Å². The van der Waals surface area contributed by atoms with E-state index in [1.165, 1.54) is 0 Å². The molecule has 0 aromatic carbocycles. The molecule has 0 aliphatic heterocycles. The van der Waals surface area contributed by atoms with E-state index in [4.69, 9.17) is 11.0 Å². The van der Waals surface area contributed by atoms with Crippen molar-refractivity contribution in [3.05, 3.63) is 16.2 Å². The van der Waals surface area contributed by atoms with Gasteiger partial charge >= 0.3 is 5.69 Å². The lowest BCUT2D eigenvalue weighted by Crippen LogP contribution is -2.27. The van der Waals surface area contributed by atoms with Crippen LogP contribution in [0.4, 0.5) is 10.7 Å². The molecule has 1 heterocycles. The van der Waals surface area contributed by atoms with E-state index in [-0.39, 0.29) is 27.9 Å². The standard InChI is InChI=1S/C7H13N5O6S3/c8-11-7-5(12(13)14)4-6(19-7)21(17,18)10-2-1-3-20(9,15)16/h4,10-11H,1-3,8H2,(H2,9,15,16). The SMILES string of the molecule is NNc1sc(S(=O)(=O)NCCCS(N)(=O)=O)cc1[N+](=O)[O-]. The maximum Gasteiger partial charge on any atom is 0.306 e. The second-order valence-electron chi connectivity index (χ2n) is 3.80. The third-order valence-corrected chi connectivity index (χ3v) is 6.03. The number of thiophene rings is 1. The van der Waals surface area contributed by atoms with Gasteiger partial charge in [0, 0.05) is 12.6 Å². The average molecular weight is 359 g/mol. The molecule has 0 atom stereocenters. The highest BCUT2D eigenvalue weighted by Gasteiger charge is 2.25. The van der Waals surface area contributed by atoms with Gasteiger partial charge in [0.15, 0.2) is 5.00 Å². The van der Waals surface area contributed by atoms with Crippen LogP contribution < -0.4 is 21.1 Å². The number of hydrogen-bond donors (Lipinski definition) is 4. The van der Waals surface area contributed by atoms with Gasteiger partial charge in [0.1, 0.15) is 4.21 Å². The van der Waals surface area contributed by atoms with Crippen LogP contribution in [0.25, 0.3) is 0 Å². The minimum Gasteiger partial charge on any atom is -0.310 e. The summed E-state index contributed by atoms with van der Waals surface area (Å²) in [6.45, 7) is -0.171. The van der Waals surface area contributed by atoms with Crippen LogP contribution >= 0.6 is 11.3 Å². The summed E-state index contributed by atoms with van der Waals surface area (Å²) in [5.74, 6) is 4.70. The molecule has 0 amide bonds. The molecule has 6 N–H and O–H groups in total. The van der Waals surface area contributed by atoms with Crippen molar-refractivity contribution in [3.8, 4) is 0 Å². The molecule has 0 radical (unpaired) electrons. The summed E-state index contributed by atoms with van der Waals surface area (Å²) >= 11 is 0.587. The molecule has 0 spiro atoms. The molecule has 0 fully saturated rings. The molecule has 0 bridgehead atoms. The van der Waals surface area contributed by atoms with Crippen molar-refractivity contribution in [2.75, 3.05) is 17.7 Å². The predicted octanol–water partition coefficient (Wildman–Crippen LogP) is -1.10. The topological polar surface area (TPSA) is 188 Å². The average Bonchev–Trinajstić information content (AvgIpc) is 2.78. The van der Waals surface area contributed by atoms with Crippen LogP contribution in [-0.4, -0.2) is 34.1 Å². The van der Waals surface area contributed by atoms with Crippen molar-refractivity contribution in [1.82, 2.24) is 4.72 Å². The number of nitrogens with one attached hydrogen (secondary N) is 2. The number of sulfonamides is 2. The van der Waals surface area contributed by atoms with Crippen LogP contribution in [0.2, 0.25) is 0 Å². The Kier molecular flexibility index (Phi) is 5.60. The molecule has 1 aromatic rings. The summed E-state index contributed by atoms with van der Waals surface area (Å²) < 4.78 is 47.0. The van der Waals surface area contributed by atoms with Crippen molar-refractivity contribution in [2.45, 2.75) is 10.6 Å². The quantitative estimate of drug-likeness (QED) is 0.195. The minimum atomic E-state index is -3.99. The molecule has 0 aliphatic rings. The van der Waals surface area contributed by atoms with E-state index >= 15 is 0 Å². The van der Waals surface area contributed by atoms with Crippen LogP contribution in [0.5, 0.6) is 0 Å². The van der Waals surface area contributed by atoms with Crippen molar-refractivity contribution in [2.24, 2.45) is 11.0 Å². The van der Waals surface area contributed by atoms with Crippen LogP contribution in [-0.2, 0) is 20.0 Å². The van der Waals surface area contributed by atoms with Gasteiger partial charge in [0.25, 0.3) is 0 Å². The van der Waals surface area contributed by atoms with Gasteiger partial charge in [-0.3, -0.25) is 10.1 Å². The van der Waals surface area contributed by atoms with Gasteiger partial charge in [-0.15, -0.1) is 0 Å². The highest BCUT2D eigenvalue weighted by molar-refractivity contribution is 7.91. The highest BCUT2D eigenvalue weighted by atomic mass is 32.2. The first-order valence-electron chi connectivity index (χ1n) is 5.32. The zero-order chi connectivity index (χ0) is 16.3. The number of nitrogens with zero attached hydrogens (tertiary/aromatic N) is 1. The molecule has 0 saturated carbocycles. The number of nitro groups is 1. The van der Waals surface area contributed by atoms with Crippen LogP contribution in [0.15, 0.2) is 10.3 Å². The zero-order valence-corrected chi connectivity index (χ0v) is 12.9. The second kappa shape index (κ2) is 6.63. The normalized spacial score (nSPS) is 12.3. The van der Waals surface area contributed by atoms with Gasteiger partial charge in [-0.1, -0.05) is 11.3 Å². The molecule has 0 aliphatic carbocycles. The number of nitrogens with two attached hydrogens (primary N) is 2. The van der Waals surface area contributed by atoms with Crippen LogP contribution in [0.1, 0.15) is 6.42 Å². The Bertz CT molecular complexity index is 724. The number of primary sulfonamides is 1. The molecule has 0 unspecified atom stereocenters. The fourth-order valence-electron chi connectivity index (χ4n) is 1.28. The molecule has 21 heavy (non-hydrogen) atoms. The van der Waals surface area contributed by atoms with E-state index in [9.17, 15) is 26.9 Å². The zero-order valence-electron chi connectivity index (χ0n) is 10.5. The molecule has 14 heteroatoms. The molecular weight excluding hydrogens is 346 g/mol. The maximum absolute atomic E-state index is 11.9. The lowest BCUT2D eigenvalue weighted by atomic mass is 10.5. The molecule has 1 aromatic heterocycles. The number of anilines is 1. The lowest BCUT2D eigenvalue weighted by Gasteiger charge is -2.03. The van der Waals surface area contributed by atoms with Crippen molar-refractivity contribution >= 4 is 42.1 Å². The van der Waals surface area contributed by atoms with Gasteiger partial charge in [-0.2, -0.15) is 0 Å². The third kappa shape index (κ3) is 5.18. The number of nitrogen functional groups attached to an aromatic ring is 1. The highest BCUT2D eigenvalue weighted by Crippen LogP contribution is 2.36. The third-order valence-electron chi connectivity index (χ3n) is 2.18. The van der Waals surface area contributed by atoms with Gasteiger partial charge in [0.05, 0.1) is 10.7 Å². The molecule has 120 valence electrons. The Morgan fingerprint density at radius 2 is 1.95 bits per heavy atom. The number of hydrazine groups is 1. The number of hydrogen-bond acceptors (Lipinski definition) is 9. The molecule has 0 saturated heterocycles. The summed E-state index contributed by atoms with van der Waals surface area (Å²) in [6, 6.07) is 0.863. The summed E-state index contributed by atoms with van der Waals surface area (Å²) in [5, 5.41) is 15.4.